The van der Waals surface area contributed by atoms with Gasteiger partial charge in [0, 0.05) is 0 Å². The van der Waals surface area contributed by atoms with Gasteiger partial charge in [-0.2, -0.15) is 0 Å². The van der Waals surface area contributed by atoms with Gasteiger partial charge in [0.1, 0.15) is 0 Å². The third kappa shape index (κ3) is 2.20. The maximum absolute atomic E-state index is 10.6. The van der Waals surface area contributed by atoms with E-state index < -0.39 is 5.97 Å². The van der Waals surface area contributed by atoms with Crippen LogP contribution in [-0.4, -0.2) is 11.1 Å². The standard InChI is InChI=1S/C11H16O2/c1-8-5-4-6-11(2,3)9(8)7-10(12)13/h4-5H,6-7H2,1-3H3,(H,12,13). The van der Waals surface area contributed by atoms with Crippen molar-refractivity contribution < 1.29 is 9.90 Å². The summed E-state index contributed by atoms with van der Waals surface area (Å²) in [7, 11) is 0. The molecule has 0 fully saturated rings. The van der Waals surface area contributed by atoms with Gasteiger partial charge < -0.3 is 5.11 Å². The minimum atomic E-state index is -0.738. The average molecular weight is 180 g/mol. The highest BCUT2D eigenvalue weighted by atomic mass is 16.4. The Morgan fingerprint density at radius 3 is 2.69 bits per heavy atom. The van der Waals surface area contributed by atoms with Gasteiger partial charge in [-0.05, 0) is 18.8 Å². The number of aliphatic carboxylic acids is 1. The summed E-state index contributed by atoms with van der Waals surface area (Å²) in [5.74, 6) is -0.738. The van der Waals surface area contributed by atoms with Crippen LogP contribution >= 0.6 is 0 Å². The van der Waals surface area contributed by atoms with Crippen LogP contribution in [-0.2, 0) is 4.79 Å². The van der Waals surface area contributed by atoms with Crippen LogP contribution in [0.15, 0.2) is 23.3 Å². The van der Waals surface area contributed by atoms with Crippen molar-refractivity contribution in [1.82, 2.24) is 0 Å². The molecule has 0 amide bonds. The second-order valence-corrected chi connectivity index (χ2v) is 4.22. The van der Waals surface area contributed by atoms with Gasteiger partial charge >= 0.3 is 5.97 Å². The van der Waals surface area contributed by atoms with Crippen LogP contribution in [0.5, 0.6) is 0 Å². The molecule has 2 heteroatoms. The fraction of sp³-hybridized carbons (Fsp3) is 0.545. The third-order valence-corrected chi connectivity index (χ3v) is 2.62. The number of carbonyl (C=O) groups is 1. The van der Waals surface area contributed by atoms with E-state index in [-0.39, 0.29) is 11.8 Å². The van der Waals surface area contributed by atoms with Gasteiger partial charge in [0.25, 0.3) is 0 Å². The van der Waals surface area contributed by atoms with E-state index in [1.165, 1.54) is 0 Å². The van der Waals surface area contributed by atoms with E-state index in [4.69, 9.17) is 5.11 Å². The second-order valence-electron chi connectivity index (χ2n) is 4.22. The van der Waals surface area contributed by atoms with Crippen LogP contribution in [0.2, 0.25) is 0 Å². The summed E-state index contributed by atoms with van der Waals surface area (Å²) < 4.78 is 0. The minimum absolute atomic E-state index is 0.0111. The maximum Gasteiger partial charge on any atom is 0.307 e. The smallest absolute Gasteiger partial charge is 0.307 e. The lowest BCUT2D eigenvalue weighted by Gasteiger charge is -2.30. The van der Waals surface area contributed by atoms with Gasteiger partial charge in [-0.15, -0.1) is 0 Å². The van der Waals surface area contributed by atoms with Gasteiger partial charge in [0.05, 0.1) is 6.42 Å². The van der Waals surface area contributed by atoms with Crippen LogP contribution in [0.25, 0.3) is 0 Å². The molecule has 0 spiro atoms. The molecule has 0 aromatic rings. The summed E-state index contributed by atoms with van der Waals surface area (Å²) in [5.41, 5.74) is 2.18. The van der Waals surface area contributed by atoms with E-state index in [9.17, 15) is 4.79 Å². The van der Waals surface area contributed by atoms with Crippen molar-refractivity contribution in [3.8, 4) is 0 Å². The van der Waals surface area contributed by atoms with Crippen molar-refractivity contribution in [3.63, 3.8) is 0 Å². The van der Waals surface area contributed by atoms with Gasteiger partial charge in [-0.3, -0.25) is 4.79 Å². The highest BCUT2D eigenvalue weighted by Gasteiger charge is 2.27. The van der Waals surface area contributed by atoms with Gasteiger partial charge in [-0.25, -0.2) is 0 Å². The molecule has 1 N–H and O–H groups in total. The number of hydrogen-bond acceptors (Lipinski definition) is 1. The molecule has 0 aliphatic heterocycles. The van der Waals surface area contributed by atoms with E-state index in [2.05, 4.69) is 19.9 Å². The number of carboxylic acid groups (broad SMARTS) is 1. The molecule has 0 unspecified atom stereocenters. The Labute approximate surface area is 79.0 Å². The predicted octanol–water partition coefficient (Wildman–Crippen LogP) is 2.76. The summed E-state index contributed by atoms with van der Waals surface area (Å²) >= 11 is 0. The molecule has 0 aromatic carbocycles. The van der Waals surface area contributed by atoms with E-state index in [1.54, 1.807) is 0 Å². The van der Waals surface area contributed by atoms with E-state index in [0.717, 1.165) is 17.6 Å². The largest absolute Gasteiger partial charge is 0.481 e. The molecule has 0 radical (unpaired) electrons. The predicted molar refractivity (Wildman–Crippen MR) is 52.5 cm³/mol. The number of rotatable bonds is 2. The van der Waals surface area contributed by atoms with Crippen molar-refractivity contribution in [1.29, 1.82) is 0 Å². The monoisotopic (exact) mass is 180 g/mol. The van der Waals surface area contributed by atoms with E-state index in [1.807, 2.05) is 13.0 Å². The molecule has 0 saturated carbocycles. The molecule has 2 nitrogen and oxygen atoms in total. The zero-order chi connectivity index (χ0) is 10.1. The van der Waals surface area contributed by atoms with Crippen LogP contribution in [0.4, 0.5) is 0 Å². The summed E-state index contributed by atoms with van der Waals surface area (Å²) in [6.45, 7) is 6.17. The highest BCUT2D eigenvalue weighted by molar-refractivity contribution is 5.71. The molecule has 0 bridgehead atoms. The Morgan fingerprint density at radius 1 is 1.62 bits per heavy atom. The normalized spacial score (nSPS) is 20.5. The molecule has 0 heterocycles. The van der Waals surface area contributed by atoms with Crippen LogP contribution in [0.3, 0.4) is 0 Å². The third-order valence-electron chi connectivity index (χ3n) is 2.62. The fourth-order valence-corrected chi connectivity index (χ4v) is 1.82. The molecule has 1 aliphatic carbocycles. The summed E-state index contributed by atoms with van der Waals surface area (Å²) in [4.78, 5) is 10.6. The zero-order valence-corrected chi connectivity index (χ0v) is 8.42. The van der Waals surface area contributed by atoms with E-state index in [0.29, 0.717) is 0 Å². The average Bonchev–Trinajstić information content (AvgIpc) is 1.96. The number of carboxylic acids is 1. The number of allylic oxidation sites excluding steroid dienone is 3. The fourth-order valence-electron chi connectivity index (χ4n) is 1.82. The molecule has 0 atom stereocenters. The molecule has 1 aliphatic rings. The molecule has 13 heavy (non-hydrogen) atoms. The molecular formula is C11H16O2. The Hall–Kier alpha value is -1.05. The molecule has 0 saturated heterocycles. The van der Waals surface area contributed by atoms with Crippen molar-refractivity contribution in [2.24, 2.45) is 5.41 Å². The van der Waals surface area contributed by atoms with Crippen molar-refractivity contribution in [2.75, 3.05) is 0 Å². The molecule has 72 valence electrons. The Kier molecular flexibility index (Phi) is 2.60. The Balaban J connectivity index is 2.97. The first kappa shape index (κ1) is 10.0. The lowest BCUT2D eigenvalue weighted by Crippen LogP contribution is -2.20. The van der Waals surface area contributed by atoms with Gasteiger partial charge in [0.2, 0.25) is 0 Å². The molecule has 1 rings (SSSR count). The van der Waals surface area contributed by atoms with Gasteiger partial charge in [0.15, 0.2) is 0 Å². The quantitative estimate of drug-likeness (QED) is 0.709. The Morgan fingerprint density at radius 2 is 2.23 bits per heavy atom. The number of hydrogen-bond donors (Lipinski definition) is 1. The van der Waals surface area contributed by atoms with Crippen LogP contribution < -0.4 is 0 Å². The van der Waals surface area contributed by atoms with Crippen LogP contribution in [0, 0.1) is 5.41 Å². The van der Waals surface area contributed by atoms with Crippen molar-refractivity contribution >= 4 is 5.97 Å². The van der Waals surface area contributed by atoms with Crippen molar-refractivity contribution in [3.05, 3.63) is 23.3 Å². The first-order valence-electron chi connectivity index (χ1n) is 4.52. The Bertz CT molecular complexity index is 282. The SMILES string of the molecule is CC1=C(CC(=O)O)C(C)(C)CC=C1. The molecule has 0 aromatic heterocycles. The summed E-state index contributed by atoms with van der Waals surface area (Å²) in [6, 6.07) is 0. The minimum Gasteiger partial charge on any atom is -0.481 e. The first-order chi connectivity index (χ1) is 5.93. The first-order valence-corrected chi connectivity index (χ1v) is 4.52. The van der Waals surface area contributed by atoms with Gasteiger partial charge in [-0.1, -0.05) is 37.1 Å². The molecular weight excluding hydrogens is 164 g/mol. The van der Waals surface area contributed by atoms with Crippen molar-refractivity contribution in [2.45, 2.75) is 33.6 Å². The second kappa shape index (κ2) is 3.36. The maximum atomic E-state index is 10.6. The highest BCUT2D eigenvalue weighted by Crippen LogP contribution is 2.38. The summed E-state index contributed by atoms with van der Waals surface area (Å²) in [6.07, 6.45) is 5.24. The lowest BCUT2D eigenvalue weighted by molar-refractivity contribution is -0.136. The lowest BCUT2D eigenvalue weighted by atomic mass is 9.74. The topological polar surface area (TPSA) is 37.3 Å². The zero-order valence-electron chi connectivity index (χ0n) is 8.42. The van der Waals surface area contributed by atoms with E-state index >= 15 is 0 Å². The summed E-state index contributed by atoms with van der Waals surface area (Å²) in [5, 5.41) is 8.76. The van der Waals surface area contributed by atoms with Crippen LogP contribution in [0.1, 0.15) is 33.6 Å².